The van der Waals surface area contributed by atoms with Crippen molar-refractivity contribution >= 4 is 5.91 Å². The quantitative estimate of drug-likeness (QED) is 0.650. The van der Waals surface area contributed by atoms with Crippen molar-refractivity contribution in [2.45, 2.75) is 13.0 Å². The molecule has 0 bridgehead atoms. The van der Waals surface area contributed by atoms with Gasteiger partial charge in [0.15, 0.2) is 0 Å². The molecule has 1 aliphatic heterocycles. The van der Waals surface area contributed by atoms with E-state index in [1.807, 2.05) is 46.1 Å². The summed E-state index contributed by atoms with van der Waals surface area (Å²) in [7, 11) is 1.64. The first-order chi connectivity index (χ1) is 14.2. The topological polar surface area (TPSA) is 50.6 Å². The van der Waals surface area contributed by atoms with Gasteiger partial charge in [-0.15, -0.1) is 0 Å². The van der Waals surface area contributed by atoms with Gasteiger partial charge in [-0.05, 0) is 41.5 Å². The molecule has 1 aliphatic rings. The number of rotatable bonds is 6. The summed E-state index contributed by atoms with van der Waals surface area (Å²) in [6.45, 7) is 4.23. The molecule has 6 nitrogen and oxygen atoms in total. The summed E-state index contributed by atoms with van der Waals surface area (Å²) in [5.74, 6) is 0.972. The van der Waals surface area contributed by atoms with E-state index in [0.29, 0.717) is 6.42 Å². The van der Waals surface area contributed by atoms with Gasteiger partial charge in [0, 0.05) is 45.1 Å². The van der Waals surface area contributed by atoms with Crippen LogP contribution in [0.4, 0.5) is 0 Å². The van der Waals surface area contributed by atoms with Crippen molar-refractivity contribution in [3.63, 3.8) is 0 Å². The van der Waals surface area contributed by atoms with Gasteiger partial charge in [0.05, 0.1) is 19.2 Å². The SMILES string of the molecule is COc1cccc(CC(=O)N2CCN(Cc3ccc(-n4cccn4)cc3)CC2)c1. The second-order valence-corrected chi connectivity index (χ2v) is 7.30. The van der Waals surface area contributed by atoms with E-state index < -0.39 is 0 Å². The highest BCUT2D eigenvalue weighted by molar-refractivity contribution is 5.79. The molecular formula is C23H26N4O2. The predicted molar refractivity (Wildman–Crippen MR) is 112 cm³/mol. The average molecular weight is 390 g/mol. The van der Waals surface area contributed by atoms with Gasteiger partial charge in [-0.25, -0.2) is 4.68 Å². The minimum absolute atomic E-state index is 0.182. The predicted octanol–water partition coefficient (Wildman–Crippen LogP) is 2.77. The van der Waals surface area contributed by atoms with E-state index in [2.05, 4.69) is 34.3 Å². The zero-order chi connectivity index (χ0) is 20.1. The monoisotopic (exact) mass is 390 g/mol. The van der Waals surface area contributed by atoms with Gasteiger partial charge in [-0.2, -0.15) is 5.10 Å². The third kappa shape index (κ3) is 4.84. The Hall–Kier alpha value is -3.12. The Balaban J connectivity index is 1.27. The second-order valence-electron chi connectivity index (χ2n) is 7.30. The number of carbonyl (C=O) groups excluding carboxylic acids is 1. The molecule has 1 fully saturated rings. The van der Waals surface area contributed by atoms with E-state index in [0.717, 1.165) is 49.7 Å². The van der Waals surface area contributed by atoms with Crippen LogP contribution < -0.4 is 4.74 Å². The van der Waals surface area contributed by atoms with Gasteiger partial charge < -0.3 is 9.64 Å². The Morgan fingerprint density at radius 2 is 1.79 bits per heavy atom. The van der Waals surface area contributed by atoms with Crippen molar-refractivity contribution in [2.75, 3.05) is 33.3 Å². The van der Waals surface area contributed by atoms with Crippen LogP contribution in [-0.2, 0) is 17.8 Å². The largest absolute Gasteiger partial charge is 0.497 e. The van der Waals surface area contributed by atoms with Gasteiger partial charge in [-0.1, -0.05) is 24.3 Å². The van der Waals surface area contributed by atoms with E-state index in [-0.39, 0.29) is 5.91 Å². The van der Waals surface area contributed by atoms with Crippen LogP contribution in [0.2, 0.25) is 0 Å². The molecule has 29 heavy (non-hydrogen) atoms. The fourth-order valence-corrected chi connectivity index (χ4v) is 3.66. The highest BCUT2D eigenvalue weighted by Gasteiger charge is 2.21. The smallest absolute Gasteiger partial charge is 0.227 e. The van der Waals surface area contributed by atoms with Crippen LogP contribution in [0, 0.1) is 0 Å². The zero-order valence-electron chi connectivity index (χ0n) is 16.7. The molecular weight excluding hydrogens is 364 g/mol. The summed E-state index contributed by atoms with van der Waals surface area (Å²) in [5, 5.41) is 4.26. The van der Waals surface area contributed by atoms with Crippen LogP contribution in [0.5, 0.6) is 5.75 Å². The molecule has 0 atom stereocenters. The molecule has 0 radical (unpaired) electrons. The Kier molecular flexibility index (Phi) is 5.91. The summed E-state index contributed by atoms with van der Waals surface area (Å²) >= 11 is 0. The first-order valence-corrected chi connectivity index (χ1v) is 9.93. The van der Waals surface area contributed by atoms with Gasteiger partial charge in [0.1, 0.15) is 5.75 Å². The molecule has 1 amide bonds. The molecule has 1 saturated heterocycles. The second kappa shape index (κ2) is 8.92. The summed E-state index contributed by atoms with van der Waals surface area (Å²) in [6, 6.07) is 18.1. The number of methoxy groups -OCH3 is 1. The fraction of sp³-hybridized carbons (Fsp3) is 0.304. The molecule has 6 heteroatoms. The Morgan fingerprint density at radius 1 is 1.00 bits per heavy atom. The van der Waals surface area contributed by atoms with Crippen molar-refractivity contribution < 1.29 is 9.53 Å². The molecule has 0 saturated carbocycles. The highest BCUT2D eigenvalue weighted by atomic mass is 16.5. The highest BCUT2D eigenvalue weighted by Crippen LogP contribution is 2.16. The van der Waals surface area contributed by atoms with E-state index in [4.69, 9.17) is 4.74 Å². The molecule has 4 rings (SSSR count). The van der Waals surface area contributed by atoms with Crippen LogP contribution in [0.25, 0.3) is 5.69 Å². The lowest BCUT2D eigenvalue weighted by Gasteiger charge is -2.35. The summed E-state index contributed by atoms with van der Waals surface area (Å²) in [6.07, 6.45) is 4.14. The fourth-order valence-electron chi connectivity index (χ4n) is 3.66. The number of piperazine rings is 1. The van der Waals surface area contributed by atoms with Crippen molar-refractivity contribution in [3.8, 4) is 11.4 Å². The summed E-state index contributed by atoms with van der Waals surface area (Å²) in [5.41, 5.74) is 3.33. The van der Waals surface area contributed by atoms with Crippen LogP contribution >= 0.6 is 0 Å². The molecule has 3 aromatic rings. The number of hydrogen-bond donors (Lipinski definition) is 0. The van der Waals surface area contributed by atoms with Gasteiger partial charge >= 0.3 is 0 Å². The maximum absolute atomic E-state index is 12.6. The number of ether oxygens (including phenoxy) is 1. The minimum atomic E-state index is 0.182. The minimum Gasteiger partial charge on any atom is -0.497 e. The molecule has 0 unspecified atom stereocenters. The van der Waals surface area contributed by atoms with Gasteiger partial charge in [0.25, 0.3) is 0 Å². The number of nitrogens with zero attached hydrogens (tertiary/aromatic N) is 4. The first-order valence-electron chi connectivity index (χ1n) is 9.93. The Bertz CT molecular complexity index is 930. The Morgan fingerprint density at radius 3 is 2.48 bits per heavy atom. The number of benzene rings is 2. The van der Waals surface area contributed by atoms with Gasteiger partial charge in [0.2, 0.25) is 5.91 Å². The maximum atomic E-state index is 12.6. The normalized spacial score (nSPS) is 14.7. The van der Waals surface area contributed by atoms with E-state index in [9.17, 15) is 4.79 Å². The molecule has 150 valence electrons. The van der Waals surface area contributed by atoms with Crippen LogP contribution in [0.1, 0.15) is 11.1 Å². The van der Waals surface area contributed by atoms with Crippen molar-refractivity contribution in [2.24, 2.45) is 0 Å². The molecule has 0 aliphatic carbocycles. The molecule has 0 N–H and O–H groups in total. The lowest BCUT2D eigenvalue weighted by Crippen LogP contribution is -2.48. The molecule has 2 heterocycles. The molecule has 0 spiro atoms. The number of carbonyl (C=O) groups is 1. The summed E-state index contributed by atoms with van der Waals surface area (Å²) < 4.78 is 7.10. The number of hydrogen-bond acceptors (Lipinski definition) is 4. The summed E-state index contributed by atoms with van der Waals surface area (Å²) in [4.78, 5) is 17.0. The van der Waals surface area contributed by atoms with Crippen molar-refractivity contribution in [1.82, 2.24) is 19.6 Å². The third-order valence-electron chi connectivity index (χ3n) is 5.33. The van der Waals surface area contributed by atoms with Gasteiger partial charge in [-0.3, -0.25) is 9.69 Å². The standard InChI is InChI=1S/C23H26N4O2/c1-29-22-5-2-4-20(16-22)17-23(28)26-14-12-25(13-15-26)18-19-6-8-21(9-7-19)27-11-3-10-24-27/h2-11,16H,12-15,17-18H2,1H3. The maximum Gasteiger partial charge on any atom is 0.227 e. The van der Waals surface area contributed by atoms with E-state index >= 15 is 0 Å². The number of aromatic nitrogens is 2. The molecule has 2 aromatic carbocycles. The molecule has 1 aromatic heterocycles. The lowest BCUT2D eigenvalue weighted by molar-refractivity contribution is -0.132. The Labute approximate surface area is 171 Å². The lowest BCUT2D eigenvalue weighted by atomic mass is 10.1. The third-order valence-corrected chi connectivity index (χ3v) is 5.33. The van der Waals surface area contributed by atoms with E-state index in [1.54, 1.807) is 13.3 Å². The van der Waals surface area contributed by atoms with Crippen LogP contribution in [0.3, 0.4) is 0 Å². The van der Waals surface area contributed by atoms with Crippen molar-refractivity contribution in [3.05, 3.63) is 78.1 Å². The van der Waals surface area contributed by atoms with E-state index in [1.165, 1.54) is 5.56 Å². The zero-order valence-corrected chi connectivity index (χ0v) is 16.7. The first kappa shape index (κ1) is 19.2. The number of amides is 1. The van der Waals surface area contributed by atoms with Crippen LogP contribution in [-0.4, -0.2) is 58.8 Å². The van der Waals surface area contributed by atoms with Crippen LogP contribution in [0.15, 0.2) is 67.0 Å². The average Bonchev–Trinajstić information content (AvgIpc) is 3.30. The van der Waals surface area contributed by atoms with Crippen molar-refractivity contribution in [1.29, 1.82) is 0 Å².